The first-order chi connectivity index (χ1) is 9.79. The van der Waals surface area contributed by atoms with Crippen molar-refractivity contribution in [2.24, 2.45) is 0 Å². The van der Waals surface area contributed by atoms with Crippen LogP contribution in [0.5, 0.6) is 0 Å². The molecule has 1 aromatic heterocycles. The van der Waals surface area contributed by atoms with Gasteiger partial charge in [-0.2, -0.15) is 0 Å². The Morgan fingerprint density at radius 3 is 3.20 bits per heavy atom. The van der Waals surface area contributed by atoms with Crippen molar-refractivity contribution >= 4 is 5.91 Å². The summed E-state index contributed by atoms with van der Waals surface area (Å²) in [5, 5.41) is 11.5. The summed E-state index contributed by atoms with van der Waals surface area (Å²) in [4.78, 5) is 16.0. The summed E-state index contributed by atoms with van der Waals surface area (Å²) >= 11 is 0. The zero-order chi connectivity index (χ0) is 14.2. The molecule has 2 rings (SSSR count). The van der Waals surface area contributed by atoms with Gasteiger partial charge in [0.15, 0.2) is 0 Å². The maximum Gasteiger partial charge on any atom is 0.252 e. The van der Waals surface area contributed by atoms with E-state index < -0.39 is 0 Å². The molecule has 1 amide bonds. The molecule has 0 aromatic carbocycles. The standard InChI is InChI=1S/C15H18N2O3/c18-6-2-1-4-12-8-13(10-16-9-12)15(19)17-11-14-5-3-7-20-14/h8-10,14,18H,2-3,5-7,11H2,(H,17,19). The average molecular weight is 274 g/mol. The van der Waals surface area contributed by atoms with Crippen LogP contribution < -0.4 is 5.32 Å². The van der Waals surface area contributed by atoms with Gasteiger partial charge in [-0.1, -0.05) is 11.8 Å². The minimum Gasteiger partial charge on any atom is -0.395 e. The Morgan fingerprint density at radius 1 is 1.55 bits per heavy atom. The van der Waals surface area contributed by atoms with Crippen molar-refractivity contribution in [2.45, 2.75) is 25.4 Å². The molecule has 5 nitrogen and oxygen atoms in total. The second-order valence-electron chi connectivity index (χ2n) is 4.58. The molecule has 1 atom stereocenters. The fourth-order valence-electron chi connectivity index (χ4n) is 1.97. The summed E-state index contributed by atoms with van der Waals surface area (Å²) in [6.07, 6.45) is 5.70. The van der Waals surface area contributed by atoms with E-state index in [1.54, 1.807) is 12.3 Å². The molecule has 106 valence electrons. The van der Waals surface area contributed by atoms with E-state index >= 15 is 0 Å². The number of carbonyl (C=O) groups excluding carboxylic acids is 1. The lowest BCUT2D eigenvalue weighted by atomic mass is 10.2. The highest BCUT2D eigenvalue weighted by molar-refractivity contribution is 5.94. The topological polar surface area (TPSA) is 71.5 Å². The van der Waals surface area contributed by atoms with Crippen LogP contribution in [-0.2, 0) is 4.74 Å². The second kappa shape index (κ2) is 7.63. The number of aliphatic hydroxyl groups excluding tert-OH is 1. The van der Waals surface area contributed by atoms with Gasteiger partial charge in [-0.3, -0.25) is 9.78 Å². The first kappa shape index (κ1) is 14.5. The van der Waals surface area contributed by atoms with Crippen LogP contribution in [0.4, 0.5) is 0 Å². The van der Waals surface area contributed by atoms with Gasteiger partial charge < -0.3 is 15.2 Å². The number of ether oxygens (including phenoxy) is 1. The normalized spacial score (nSPS) is 17.4. The van der Waals surface area contributed by atoms with Gasteiger partial charge in [0.2, 0.25) is 0 Å². The largest absolute Gasteiger partial charge is 0.395 e. The predicted octanol–water partition coefficient (Wildman–Crippen LogP) is 0.724. The van der Waals surface area contributed by atoms with Crippen LogP contribution in [0.15, 0.2) is 18.5 Å². The Labute approximate surface area is 118 Å². The van der Waals surface area contributed by atoms with Gasteiger partial charge in [-0.05, 0) is 18.9 Å². The molecule has 1 saturated heterocycles. The molecule has 0 bridgehead atoms. The number of hydrogen-bond donors (Lipinski definition) is 2. The third-order valence-corrected chi connectivity index (χ3v) is 2.98. The zero-order valence-corrected chi connectivity index (χ0v) is 11.3. The van der Waals surface area contributed by atoms with Gasteiger partial charge >= 0.3 is 0 Å². The molecule has 1 unspecified atom stereocenters. The zero-order valence-electron chi connectivity index (χ0n) is 11.3. The second-order valence-corrected chi connectivity index (χ2v) is 4.58. The summed E-state index contributed by atoms with van der Waals surface area (Å²) in [7, 11) is 0. The van der Waals surface area contributed by atoms with Crippen LogP contribution in [0.25, 0.3) is 0 Å². The smallest absolute Gasteiger partial charge is 0.252 e. The van der Waals surface area contributed by atoms with Crippen LogP contribution in [0.2, 0.25) is 0 Å². The fourth-order valence-corrected chi connectivity index (χ4v) is 1.97. The molecule has 2 heterocycles. The van der Waals surface area contributed by atoms with Crippen molar-refractivity contribution < 1.29 is 14.6 Å². The minimum atomic E-state index is -0.168. The molecule has 0 radical (unpaired) electrons. The van der Waals surface area contributed by atoms with Crippen molar-refractivity contribution in [2.75, 3.05) is 19.8 Å². The maximum atomic E-state index is 12.0. The Morgan fingerprint density at radius 2 is 2.45 bits per heavy atom. The summed E-state index contributed by atoms with van der Waals surface area (Å²) in [6.45, 7) is 1.33. The average Bonchev–Trinajstić information content (AvgIpc) is 2.99. The Hall–Kier alpha value is -1.90. The number of rotatable bonds is 4. The van der Waals surface area contributed by atoms with E-state index in [0.717, 1.165) is 19.4 Å². The van der Waals surface area contributed by atoms with Gasteiger partial charge in [0.05, 0.1) is 18.3 Å². The van der Waals surface area contributed by atoms with Crippen LogP contribution in [0.3, 0.4) is 0 Å². The number of amides is 1. The van der Waals surface area contributed by atoms with Crippen molar-refractivity contribution in [1.29, 1.82) is 0 Å². The van der Waals surface area contributed by atoms with Crippen LogP contribution in [-0.4, -0.2) is 41.9 Å². The Kier molecular flexibility index (Phi) is 5.54. The molecular formula is C15H18N2O3. The van der Waals surface area contributed by atoms with E-state index in [1.165, 1.54) is 6.20 Å². The van der Waals surface area contributed by atoms with E-state index in [-0.39, 0.29) is 18.6 Å². The van der Waals surface area contributed by atoms with Gasteiger partial charge in [-0.15, -0.1) is 0 Å². The van der Waals surface area contributed by atoms with Crippen LogP contribution >= 0.6 is 0 Å². The molecule has 1 aliphatic heterocycles. The van der Waals surface area contributed by atoms with E-state index in [9.17, 15) is 4.79 Å². The van der Waals surface area contributed by atoms with Crippen LogP contribution in [0, 0.1) is 11.8 Å². The SMILES string of the molecule is O=C(NCC1CCCO1)c1cncc(C#CCCO)c1. The number of nitrogens with zero attached hydrogens (tertiary/aromatic N) is 1. The summed E-state index contributed by atoms with van der Waals surface area (Å²) in [5.74, 6) is 5.50. The lowest BCUT2D eigenvalue weighted by Gasteiger charge is -2.10. The van der Waals surface area contributed by atoms with E-state index in [4.69, 9.17) is 9.84 Å². The Balaban J connectivity index is 1.92. The third-order valence-electron chi connectivity index (χ3n) is 2.98. The van der Waals surface area contributed by atoms with Crippen molar-refractivity contribution in [3.63, 3.8) is 0 Å². The molecule has 1 fully saturated rings. The van der Waals surface area contributed by atoms with Crippen molar-refractivity contribution in [1.82, 2.24) is 10.3 Å². The predicted molar refractivity (Wildman–Crippen MR) is 74.1 cm³/mol. The number of aromatic nitrogens is 1. The molecule has 1 aliphatic rings. The monoisotopic (exact) mass is 274 g/mol. The van der Waals surface area contributed by atoms with Gasteiger partial charge in [0, 0.05) is 37.5 Å². The number of hydrogen-bond acceptors (Lipinski definition) is 4. The quantitative estimate of drug-likeness (QED) is 0.794. The number of carbonyl (C=O) groups is 1. The lowest BCUT2D eigenvalue weighted by molar-refractivity contribution is 0.0857. The first-order valence-electron chi connectivity index (χ1n) is 6.74. The molecular weight excluding hydrogens is 256 g/mol. The third kappa shape index (κ3) is 4.34. The van der Waals surface area contributed by atoms with Crippen LogP contribution in [0.1, 0.15) is 35.2 Å². The number of aliphatic hydroxyl groups is 1. The molecule has 0 saturated carbocycles. The summed E-state index contributed by atoms with van der Waals surface area (Å²) in [6, 6.07) is 1.70. The maximum absolute atomic E-state index is 12.0. The first-order valence-corrected chi connectivity index (χ1v) is 6.74. The number of nitrogens with one attached hydrogen (secondary N) is 1. The molecule has 0 aliphatic carbocycles. The van der Waals surface area contributed by atoms with E-state index in [0.29, 0.717) is 24.1 Å². The molecule has 20 heavy (non-hydrogen) atoms. The van der Waals surface area contributed by atoms with Crippen molar-refractivity contribution in [3.05, 3.63) is 29.6 Å². The highest BCUT2D eigenvalue weighted by atomic mass is 16.5. The minimum absolute atomic E-state index is 0.0298. The Bertz CT molecular complexity index is 513. The fraction of sp³-hybridized carbons (Fsp3) is 0.467. The van der Waals surface area contributed by atoms with Gasteiger partial charge in [-0.25, -0.2) is 0 Å². The molecule has 5 heteroatoms. The van der Waals surface area contributed by atoms with Gasteiger partial charge in [0.1, 0.15) is 0 Å². The summed E-state index contributed by atoms with van der Waals surface area (Å²) < 4.78 is 5.45. The highest BCUT2D eigenvalue weighted by Gasteiger charge is 2.16. The summed E-state index contributed by atoms with van der Waals surface area (Å²) in [5.41, 5.74) is 1.15. The van der Waals surface area contributed by atoms with E-state index in [2.05, 4.69) is 22.1 Å². The van der Waals surface area contributed by atoms with Gasteiger partial charge in [0.25, 0.3) is 5.91 Å². The van der Waals surface area contributed by atoms with Crippen molar-refractivity contribution in [3.8, 4) is 11.8 Å². The molecule has 2 N–H and O–H groups in total. The number of pyridine rings is 1. The molecule has 0 spiro atoms. The highest BCUT2D eigenvalue weighted by Crippen LogP contribution is 2.11. The lowest BCUT2D eigenvalue weighted by Crippen LogP contribution is -2.31. The van der Waals surface area contributed by atoms with E-state index in [1.807, 2.05) is 0 Å². The molecule has 1 aromatic rings.